The van der Waals surface area contributed by atoms with Crippen molar-refractivity contribution in [2.45, 2.75) is 13.0 Å². The lowest BCUT2D eigenvalue weighted by Gasteiger charge is -2.01. The van der Waals surface area contributed by atoms with Crippen LogP contribution >= 0.6 is 0 Å². The van der Waals surface area contributed by atoms with Crippen LogP contribution in [0.25, 0.3) is 0 Å². The second-order valence-corrected chi connectivity index (χ2v) is 1.96. The number of carbonyl (C=O) groups is 3. The van der Waals surface area contributed by atoms with Crippen molar-refractivity contribution in [3.8, 4) is 6.07 Å². The second-order valence-electron chi connectivity index (χ2n) is 1.96. The molecule has 0 radical (unpaired) electrons. The van der Waals surface area contributed by atoms with Crippen LogP contribution in [-0.4, -0.2) is 28.8 Å². The number of Topliss-reactive ketones (excluding diaryl/α,β-unsaturated/α-hetero) is 1. The van der Waals surface area contributed by atoms with Gasteiger partial charge in [0, 0.05) is 0 Å². The summed E-state index contributed by atoms with van der Waals surface area (Å²) in [5.41, 5.74) is 0. The van der Waals surface area contributed by atoms with Gasteiger partial charge in [-0.1, -0.05) is 0 Å². The van der Waals surface area contributed by atoms with Gasteiger partial charge in [-0.05, 0) is 6.92 Å². The third kappa shape index (κ3) is 2.79. The first kappa shape index (κ1) is 10.1. The highest BCUT2D eigenvalue weighted by atomic mass is 16.4. The summed E-state index contributed by atoms with van der Waals surface area (Å²) in [4.78, 5) is 30.9. The standard InChI is InChI=1S/C6H6N2O4/c1-3(2-7)8-5(10)4(9)6(11)12/h3H,1H3,(H,8,10)(H,11,12). The molecule has 6 heteroatoms. The molecule has 0 aliphatic rings. The second kappa shape index (κ2) is 4.08. The van der Waals surface area contributed by atoms with Crippen molar-refractivity contribution in [2.75, 3.05) is 0 Å². The summed E-state index contributed by atoms with van der Waals surface area (Å²) in [6, 6.07) is 0.738. The lowest BCUT2D eigenvalue weighted by atomic mass is 10.3. The van der Waals surface area contributed by atoms with E-state index in [4.69, 9.17) is 10.4 Å². The molecule has 1 amide bonds. The summed E-state index contributed by atoms with van der Waals surface area (Å²) in [5.74, 6) is -4.69. The predicted octanol–water partition coefficient (Wildman–Crippen LogP) is -1.33. The Morgan fingerprint density at radius 1 is 1.50 bits per heavy atom. The Bertz CT molecular complexity index is 265. The molecule has 64 valence electrons. The van der Waals surface area contributed by atoms with Crippen LogP contribution in [0.1, 0.15) is 6.92 Å². The minimum atomic E-state index is -1.84. The number of nitriles is 1. The average molecular weight is 170 g/mol. The molecule has 12 heavy (non-hydrogen) atoms. The topological polar surface area (TPSA) is 107 Å². The minimum Gasteiger partial charge on any atom is -0.475 e. The van der Waals surface area contributed by atoms with Crippen molar-refractivity contribution >= 4 is 17.7 Å². The summed E-state index contributed by atoms with van der Waals surface area (Å²) in [6.07, 6.45) is 0. The van der Waals surface area contributed by atoms with E-state index < -0.39 is 23.7 Å². The molecule has 0 aromatic heterocycles. The van der Waals surface area contributed by atoms with Crippen molar-refractivity contribution in [2.24, 2.45) is 0 Å². The predicted molar refractivity (Wildman–Crippen MR) is 35.9 cm³/mol. The molecular formula is C6H6N2O4. The number of carboxylic acid groups (broad SMARTS) is 1. The molecule has 0 bridgehead atoms. The largest absolute Gasteiger partial charge is 0.475 e. The lowest BCUT2D eigenvalue weighted by Crippen LogP contribution is -2.39. The fourth-order valence-electron chi connectivity index (χ4n) is 0.392. The Balaban J connectivity index is 4.17. The quantitative estimate of drug-likeness (QED) is 0.403. The molecule has 6 nitrogen and oxygen atoms in total. The summed E-state index contributed by atoms with van der Waals surface area (Å²) in [5, 5.41) is 18.1. The van der Waals surface area contributed by atoms with Gasteiger partial charge in [0.2, 0.25) is 0 Å². The van der Waals surface area contributed by atoms with E-state index in [1.54, 1.807) is 6.07 Å². The Kier molecular flexibility index (Phi) is 3.43. The molecule has 0 rings (SSSR count). The van der Waals surface area contributed by atoms with Gasteiger partial charge in [0.25, 0.3) is 0 Å². The third-order valence-electron chi connectivity index (χ3n) is 0.942. The first-order valence-corrected chi connectivity index (χ1v) is 2.96. The molecule has 1 atom stereocenters. The highest BCUT2D eigenvalue weighted by Crippen LogP contribution is 1.79. The van der Waals surface area contributed by atoms with Crippen LogP contribution in [0, 0.1) is 11.3 Å². The number of carboxylic acids is 1. The van der Waals surface area contributed by atoms with E-state index in [1.807, 2.05) is 5.32 Å². The zero-order chi connectivity index (χ0) is 9.72. The smallest absolute Gasteiger partial charge is 0.382 e. The Morgan fingerprint density at radius 2 is 2.00 bits per heavy atom. The number of amides is 1. The van der Waals surface area contributed by atoms with Crippen molar-refractivity contribution in [3.63, 3.8) is 0 Å². The van der Waals surface area contributed by atoms with Gasteiger partial charge in [0.05, 0.1) is 6.07 Å². The lowest BCUT2D eigenvalue weighted by molar-refractivity contribution is -0.153. The molecule has 0 spiro atoms. The Labute approximate surface area is 67.8 Å². The maximum Gasteiger partial charge on any atom is 0.382 e. The average Bonchev–Trinajstić information content (AvgIpc) is 2.02. The van der Waals surface area contributed by atoms with E-state index in [2.05, 4.69) is 0 Å². The third-order valence-corrected chi connectivity index (χ3v) is 0.942. The van der Waals surface area contributed by atoms with Gasteiger partial charge in [-0.25, -0.2) is 4.79 Å². The molecule has 0 aromatic carbocycles. The molecular weight excluding hydrogens is 164 g/mol. The normalized spacial score (nSPS) is 11.0. The molecule has 0 fully saturated rings. The molecule has 0 aliphatic carbocycles. The molecule has 0 aromatic rings. The summed E-state index contributed by atoms with van der Waals surface area (Å²) < 4.78 is 0. The number of hydrogen-bond acceptors (Lipinski definition) is 4. The van der Waals surface area contributed by atoms with Crippen LogP contribution in [0.15, 0.2) is 0 Å². The van der Waals surface area contributed by atoms with Gasteiger partial charge in [-0.15, -0.1) is 0 Å². The van der Waals surface area contributed by atoms with Gasteiger partial charge in [-0.3, -0.25) is 9.59 Å². The molecule has 0 saturated heterocycles. The van der Waals surface area contributed by atoms with Crippen molar-refractivity contribution in [1.29, 1.82) is 5.26 Å². The van der Waals surface area contributed by atoms with Gasteiger partial charge in [-0.2, -0.15) is 5.26 Å². The number of hydrogen-bond donors (Lipinski definition) is 2. The highest BCUT2D eigenvalue weighted by Gasteiger charge is 2.22. The van der Waals surface area contributed by atoms with Crippen LogP contribution in [-0.2, 0) is 14.4 Å². The van der Waals surface area contributed by atoms with Gasteiger partial charge < -0.3 is 10.4 Å². The number of ketones is 1. The number of rotatable bonds is 3. The fourth-order valence-corrected chi connectivity index (χ4v) is 0.392. The van der Waals surface area contributed by atoms with Gasteiger partial charge >= 0.3 is 17.7 Å². The molecule has 0 saturated carbocycles. The van der Waals surface area contributed by atoms with E-state index in [-0.39, 0.29) is 0 Å². The van der Waals surface area contributed by atoms with E-state index >= 15 is 0 Å². The summed E-state index contributed by atoms with van der Waals surface area (Å²) in [6.45, 7) is 1.33. The maximum atomic E-state index is 10.6. The Morgan fingerprint density at radius 3 is 2.33 bits per heavy atom. The Hall–Kier alpha value is -1.90. The van der Waals surface area contributed by atoms with Gasteiger partial charge in [0.1, 0.15) is 6.04 Å². The summed E-state index contributed by atoms with van der Waals surface area (Å²) >= 11 is 0. The van der Waals surface area contributed by atoms with Crippen molar-refractivity contribution in [1.82, 2.24) is 5.32 Å². The number of carbonyl (C=O) groups excluding carboxylic acids is 2. The molecule has 0 aliphatic heterocycles. The molecule has 2 N–H and O–H groups in total. The van der Waals surface area contributed by atoms with E-state index in [0.717, 1.165) is 0 Å². The zero-order valence-corrected chi connectivity index (χ0v) is 6.20. The van der Waals surface area contributed by atoms with Crippen LogP contribution in [0.2, 0.25) is 0 Å². The first-order valence-electron chi connectivity index (χ1n) is 2.96. The van der Waals surface area contributed by atoms with Crippen molar-refractivity contribution in [3.05, 3.63) is 0 Å². The first-order chi connectivity index (χ1) is 5.49. The minimum absolute atomic E-state index is 0.874. The molecule has 0 heterocycles. The van der Waals surface area contributed by atoms with Gasteiger partial charge in [0.15, 0.2) is 0 Å². The van der Waals surface area contributed by atoms with Crippen molar-refractivity contribution < 1.29 is 19.5 Å². The van der Waals surface area contributed by atoms with E-state index in [9.17, 15) is 14.4 Å². The summed E-state index contributed by atoms with van der Waals surface area (Å²) in [7, 11) is 0. The highest BCUT2D eigenvalue weighted by molar-refractivity contribution is 6.61. The van der Waals surface area contributed by atoms with Crippen LogP contribution < -0.4 is 5.32 Å². The van der Waals surface area contributed by atoms with E-state index in [0.29, 0.717) is 0 Å². The molecule has 1 unspecified atom stereocenters. The number of nitrogens with zero attached hydrogens (tertiary/aromatic N) is 1. The SMILES string of the molecule is CC(C#N)NC(=O)C(=O)C(=O)O. The number of nitrogens with one attached hydrogen (secondary N) is 1. The van der Waals surface area contributed by atoms with Crippen LogP contribution in [0.5, 0.6) is 0 Å². The number of aliphatic carboxylic acids is 1. The van der Waals surface area contributed by atoms with Crippen LogP contribution in [0.3, 0.4) is 0 Å². The maximum absolute atomic E-state index is 10.6. The van der Waals surface area contributed by atoms with E-state index in [1.165, 1.54) is 6.92 Å². The zero-order valence-electron chi connectivity index (χ0n) is 6.20. The van der Waals surface area contributed by atoms with Crippen LogP contribution in [0.4, 0.5) is 0 Å². The monoisotopic (exact) mass is 170 g/mol. The fraction of sp³-hybridized carbons (Fsp3) is 0.333.